The zero-order chi connectivity index (χ0) is 21.9. The highest BCUT2D eigenvalue weighted by Gasteiger charge is 2.22. The highest BCUT2D eigenvalue weighted by atomic mass is 32.2. The van der Waals surface area contributed by atoms with Gasteiger partial charge in [0.1, 0.15) is 0 Å². The van der Waals surface area contributed by atoms with Gasteiger partial charge in [0.2, 0.25) is 16.8 Å². The van der Waals surface area contributed by atoms with Gasteiger partial charge in [-0.25, -0.2) is 17.5 Å². The molecule has 0 radical (unpaired) electrons. The topological polar surface area (TPSA) is 111 Å². The molecule has 0 bridgehead atoms. The fourth-order valence-corrected chi connectivity index (χ4v) is 3.61. The molecule has 3 rings (SSSR count). The number of ether oxygens (including phenoxy) is 3. The number of hydrogen-bond acceptors (Lipinski definition) is 7. The number of amides is 1. The molecule has 2 aromatic carbocycles. The van der Waals surface area contributed by atoms with E-state index in [1.54, 1.807) is 18.2 Å². The Hall–Kier alpha value is -3.11. The molecule has 160 valence electrons. The maximum absolute atomic E-state index is 12.4. The molecular formula is C20H22N2O7S. The Bertz CT molecular complexity index is 1070. The quantitative estimate of drug-likeness (QED) is 0.658. The number of fused-ring (bicyclic) bond motifs is 1. The van der Waals surface area contributed by atoms with Crippen molar-refractivity contribution in [2.24, 2.45) is 0 Å². The highest BCUT2D eigenvalue weighted by Crippen LogP contribution is 2.32. The highest BCUT2D eigenvalue weighted by molar-refractivity contribution is 7.89. The van der Waals surface area contributed by atoms with E-state index in [4.69, 9.17) is 14.2 Å². The molecule has 0 aliphatic carbocycles. The number of carbonyl (C=O) groups is 2. The lowest BCUT2D eigenvalue weighted by atomic mass is 10.2. The van der Waals surface area contributed by atoms with Crippen molar-refractivity contribution < 1.29 is 32.2 Å². The van der Waals surface area contributed by atoms with Gasteiger partial charge in [-0.2, -0.15) is 0 Å². The predicted octanol–water partition coefficient (Wildman–Crippen LogP) is 1.53. The summed E-state index contributed by atoms with van der Waals surface area (Å²) >= 11 is 0. The van der Waals surface area contributed by atoms with Crippen molar-refractivity contribution in [1.29, 1.82) is 0 Å². The monoisotopic (exact) mass is 434 g/mol. The molecule has 10 heteroatoms. The number of esters is 1. The first-order valence-corrected chi connectivity index (χ1v) is 10.5. The fraction of sp³-hybridized carbons (Fsp3) is 0.300. The lowest BCUT2D eigenvalue weighted by molar-refractivity contribution is -0.129. The molecule has 1 N–H and O–H groups in total. The fourth-order valence-electron chi connectivity index (χ4n) is 2.66. The molecule has 0 spiro atoms. The Morgan fingerprint density at radius 2 is 1.87 bits per heavy atom. The molecule has 0 saturated carbocycles. The molecule has 1 aliphatic rings. The molecule has 1 amide bonds. The third kappa shape index (κ3) is 4.71. The standard InChI is InChI=1S/C20H22N2O7S/c1-13(19(23)21-11-14-7-8-17-18(9-14)28-12-27-17)29-20(24)15-5-4-6-16(10-15)30(25,26)22(2)3/h4-10,13H,11-12H2,1-3H3,(H,21,23)/t13-/m1/s1. The van der Waals surface area contributed by atoms with Gasteiger partial charge in [-0.3, -0.25) is 4.79 Å². The van der Waals surface area contributed by atoms with Gasteiger partial charge in [0, 0.05) is 20.6 Å². The summed E-state index contributed by atoms with van der Waals surface area (Å²) in [5.41, 5.74) is 0.834. The summed E-state index contributed by atoms with van der Waals surface area (Å²) in [6.45, 7) is 1.82. The van der Waals surface area contributed by atoms with Crippen LogP contribution in [0.15, 0.2) is 47.4 Å². The molecule has 0 saturated heterocycles. The van der Waals surface area contributed by atoms with Crippen LogP contribution < -0.4 is 14.8 Å². The Morgan fingerprint density at radius 1 is 1.13 bits per heavy atom. The zero-order valence-corrected chi connectivity index (χ0v) is 17.6. The van der Waals surface area contributed by atoms with E-state index in [-0.39, 0.29) is 23.8 Å². The SMILES string of the molecule is C[C@@H](OC(=O)c1cccc(S(=O)(=O)N(C)C)c1)C(=O)NCc1ccc2c(c1)OCO2. The van der Waals surface area contributed by atoms with E-state index in [9.17, 15) is 18.0 Å². The first-order valence-electron chi connectivity index (χ1n) is 9.08. The molecule has 9 nitrogen and oxygen atoms in total. The number of hydrogen-bond donors (Lipinski definition) is 1. The van der Waals surface area contributed by atoms with E-state index in [2.05, 4.69) is 5.32 Å². The number of nitrogens with one attached hydrogen (secondary N) is 1. The summed E-state index contributed by atoms with van der Waals surface area (Å²) in [4.78, 5) is 24.6. The smallest absolute Gasteiger partial charge is 0.338 e. The molecule has 1 aliphatic heterocycles. The average Bonchev–Trinajstić information content (AvgIpc) is 3.19. The minimum absolute atomic E-state index is 0.0355. The molecular weight excluding hydrogens is 412 g/mol. The van der Waals surface area contributed by atoms with Gasteiger partial charge in [-0.05, 0) is 42.8 Å². The minimum atomic E-state index is -3.69. The number of carbonyl (C=O) groups excluding carboxylic acids is 2. The van der Waals surface area contributed by atoms with Crippen LogP contribution in [0.1, 0.15) is 22.8 Å². The van der Waals surface area contributed by atoms with E-state index in [1.165, 1.54) is 45.3 Å². The summed E-state index contributed by atoms with van der Waals surface area (Å²) in [6.07, 6.45) is -1.07. The zero-order valence-electron chi connectivity index (χ0n) is 16.7. The largest absolute Gasteiger partial charge is 0.454 e. The second kappa shape index (κ2) is 8.72. The Morgan fingerprint density at radius 3 is 2.60 bits per heavy atom. The van der Waals surface area contributed by atoms with Crippen LogP contribution in [-0.4, -0.2) is 51.6 Å². The predicted molar refractivity (Wildman–Crippen MR) is 107 cm³/mol. The maximum atomic E-state index is 12.4. The summed E-state index contributed by atoms with van der Waals surface area (Å²) in [7, 11) is -0.903. The number of rotatable bonds is 7. The van der Waals surface area contributed by atoms with Crippen molar-refractivity contribution in [3.05, 3.63) is 53.6 Å². The molecule has 0 unspecified atom stereocenters. The average molecular weight is 434 g/mol. The third-order valence-corrected chi connectivity index (χ3v) is 6.22. The molecule has 30 heavy (non-hydrogen) atoms. The van der Waals surface area contributed by atoms with E-state index in [1.807, 2.05) is 0 Å². The number of nitrogens with zero attached hydrogens (tertiary/aromatic N) is 1. The van der Waals surface area contributed by atoms with Crippen LogP contribution in [0.4, 0.5) is 0 Å². The first-order chi connectivity index (χ1) is 14.2. The summed E-state index contributed by atoms with van der Waals surface area (Å²) < 4.78 is 41.2. The van der Waals surface area contributed by atoms with Gasteiger partial charge in [0.15, 0.2) is 17.6 Å². The summed E-state index contributed by atoms with van der Waals surface area (Å²) in [5.74, 6) is -0.0331. The van der Waals surface area contributed by atoms with Gasteiger partial charge >= 0.3 is 5.97 Å². The lowest BCUT2D eigenvalue weighted by Crippen LogP contribution is -2.35. The van der Waals surface area contributed by atoms with Gasteiger partial charge in [-0.15, -0.1) is 0 Å². The first kappa shape index (κ1) is 21.6. The summed E-state index contributed by atoms with van der Waals surface area (Å²) in [6, 6.07) is 10.8. The van der Waals surface area contributed by atoms with Gasteiger partial charge in [0.05, 0.1) is 10.5 Å². The Balaban J connectivity index is 1.59. The molecule has 2 aromatic rings. The number of benzene rings is 2. The van der Waals surface area contributed by atoms with E-state index in [0.29, 0.717) is 11.5 Å². The Kier molecular flexibility index (Phi) is 6.28. The molecule has 1 atom stereocenters. The second-order valence-electron chi connectivity index (χ2n) is 6.77. The summed E-state index contributed by atoms with van der Waals surface area (Å²) in [5, 5.41) is 2.68. The number of sulfonamides is 1. The lowest BCUT2D eigenvalue weighted by Gasteiger charge is -2.15. The van der Waals surface area contributed by atoms with E-state index in [0.717, 1.165) is 9.87 Å². The van der Waals surface area contributed by atoms with E-state index < -0.39 is 28.0 Å². The van der Waals surface area contributed by atoms with Crippen LogP contribution >= 0.6 is 0 Å². The van der Waals surface area contributed by atoms with Crippen molar-refractivity contribution in [3.63, 3.8) is 0 Å². The molecule has 0 aromatic heterocycles. The van der Waals surface area contributed by atoms with Crippen LogP contribution in [-0.2, 0) is 26.1 Å². The second-order valence-corrected chi connectivity index (χ2v) is 8.92. The molecule has 0 fully saturated rings. The molecule has 1 heterocycles. The van der Waals surface area contributed by atoms with Crippen LogP contribution in [0.25, 0.3) is 0 Å². The van der Waals surface area contributed by atoms with Crippen molar-refractivity contribution in [3.8, 4) is 11.5 Å². The van der Waals surface area contributed by atoms with E-state index >= 15 is 0 Å². The van der Waals surface area contributed by atoms with Gasteiger partial charge in [-0.1, -0.05) is 12.1 Å². The van der Waals surface area contributed by atoms with Crippen molar-refractivity contribution >= 4 is 21.9 Å². The maximum Gasteiger partial charge on any atom is 0.338 e. The van der Waals surface area contributed by atoms with Crippen LogP contribution in [0.3, 0.4) is 0 Å². The van der Waals surface area contributed by atoms with Crippen LogP contribution in [0.2, 0.25) is 0 Å². The Labute approximate surface area is 174 Å². The van der Waals surface area contributed by atoms with Gasteiger partial charge < -0.3 is 19.5 Å². The van der Waals surface area contributed by atoms with Gasteiger partial charge in [0.25, 0.3) is 5.91 Å². The third-order valence-electron chi connectivity index (χ3n) is 4.41. The van der Waals surface area contributed by atoms with Crippen LogP contribution in [0, 0.1) is 0 Å². The normalized spacial score (nSPS) is 13.7. The van der Waals surface area contributed by atoms with Crippen molar-refractivity contribution in [2.45, 2.75) is 24.5 Å². The van der Waals surface area contributed by atoms with Crippen molar-refractivity contribution in [1.82, 2.24) is 9.62 Å². The minimum Gasteiger partial charge on any atom is -0.454 e. The van der Waals surface area contributed by atoms with Crippen LogP contribution in [0.5, 0.6) is 11.5 Å². The van der Waals surface area contributed by atoms with Crippen molar-refractivity contribution in [2.75, 3.05) is 20.9 Å².